The first-order valence-electron chi connectivity index (χ1n) is 3.90. The maximum absolute atomic E-state index is 5.30. The number of nitrogen functional groups attached to an aromatic ring is 1. The molecule has 0 aliphatic rings. The third-order valence-corrected chi connectivity index (χ3v) is 1.25. The van der Waals surface area contributed by atoms with Crippen molar-refractivity contribution in [3.8, 4) is 0 Å². The number of nitrogens with zero attached hydrogens (tertiary/aromatic N) is 2. The van der Waals surface area contributed by atoms with Crippen molar-refractivity contribution in [2.24, 2.45) is 0 Å². The molecule has 2 rings (SSSR count). The number of nitrogens with two attached hydrogens (primary N) is 1. The number of anilines is 1. The summed E-state index contributed by atoms with van der Waals surface area (Å²) in [6.07, 6.45) is 6.80. The van der Waals surface area contributed by atoms with Crippen molar-refractivity contribution < 1.29 is 0 Å². The molecule has 2 aromatic rings. The van der Waals surface area contributed by atoms with Crippen LogP contribution in [0.25, 0.3) is 0 Å². The summed E-state index contributed by atoms with van der Waals surface area (Å²) in [5.74, 6) is 0. The number of hydrogen-bond acceptors (Lipinski definition) is 3. The molecule has 0 aliphatic heterocycles. The molecule has 0 aromatic carbocycles. The van der Waals surface area contributed by atoms with E-state index in [0.29, 0.717) is 5.69 Å². The number of pyridine rings is 2. The molecule has 2 N–H and O–H groups in total. The quantitative estimate of drug-likeness (QED) is 0.660. The zero-order valence-corrected chi connectivity index (χ0v) is 7.17. The summed E-state index contributed by atoms with van der Waals surface area (Å²) in [5.41, 5.74) is 6.01. The van der Waals surface area contributed by atoms with Crippen LogP contribution >= 0.6 is 0 Å². The normalized spacial score (nSPS) is 8.31. The van der Waals surface area contributed by atoms with Crippen LogP contribution in [0.4, 0.5) is 5.69 Å². The minimum absolute atomic E-state index is 0.711. The summed E-state index contributed by atoms with van der Waals surface area (Å²) in [6.45, 7) is 0. The Balaban J connectivity index is 0.000000132. The zero-order valence-electron chi connectivity index (χ0n) is 7.17. The molecule has 3 nitrogen and oxygen atoms in total. The van der Waals surface area contributed by atoms with Gasteiger partial charge in [-0.25, -0.2) is 0 Å². The van der Waals surface area contributed by atoms with Gasteiger partial charge in [0.15, 0.2) is 0 Å². The van der Waals surface area contributed by atoms with E-state index < -0.39 is 0 Å². The molecule has 2 aromatic heterocycles. The van der Waals surface area contributed by atoms with Crippen molar-refractivity contribution in [1.82, 2.24) is 9.97 Å². The molecule has 0 spiro atoms. The highest BCUT2D eigenvalue weighted by molar-refractivity contribution is 5.32. The van der Waals surface area contributed by atoms with Gasteiger partial charge in [-0.15, -0.1) is 0 Å². The van der Waals surface area contributed by atoms with E-state index in [4.69, 9.17) is 5.73 Å². The predicted octanol–water partition coefficient (Wildman–Crippen LogP) is 1.75. The Kier molecular flexibility index (Phi) is 4.04. The van der Waals surface area contributed by atoms with E-state index in [1.807, 2.05) is 18.2 Å². The highest BCUT2D eigenvalue weighted by atomic mass is 14.7. The number of rotatable bonds is 0. The van der Waals surface area contributed by atoms with Crippen LogP contribution < -0.4 is 5.73 Å². The molecule has 66 valence electrons. The lowest BCUT2D eigenvalue weighted by molar-refractivity contribution is 1.33. The molecule has 3 heteroatoms. The van der Waals surface area contributed by atoms with Crippen molar-refractivity contribution in [1.29, 1.82) is 0 Å². The summed E-state index contributed by atoms with van der Waals surface area (Å²) >= 11 is 0. The van der Waals surface area contributed by atoms with E-state index in [1.165, 1.54) is 0 Å². The second kappa shape index (κ2) is 5.71. The number of aromatic nitrogens is 2. The van der Waals surface area contributed by atoms with E-state index in [-0.39, 0.29) is 0 Å². The second-order valence-corrected chi connectivity index (χ2v) is 2.31. The summed E-state index contributed by atoms with van der Waals surface area (Å²) < 4.78 is 0. The first kappa shape index (κ1) is 9.19. The van der Waals surface area contributed by atoms with Crippen molar-refractivity contribution in [3.63, 3.8) is 0 Å². The minimum atomic E-state index is 0.711. The average Bonchev–Trinajstić information content (AvgIpc) is 2.22. The lowest BCUT2D eigenvalue weighted by Gasteiger charge is -1.83. The van der Waals surface area contributed by atoms with Gasteiger partial charge in [0.2, 0.25) is 0 Å². The topological polar surface area (TPSA) is 51.8 Å². The first-order chi connectivity index (χ1) is 6.39. The highest BCUT2D eigenvalue weighted by Gasteiger charge is 1.73. The van der Waals surface area contributed by atoms with Crippen LogP contribution in [0, 0.1) is 0 Å². The minimum Gasteiger partial charge on any atom is -0.397 e. The molecule has 0 amide bonds. The Hall–Kier alpha value is -1.90. The van der Waals surface area contributed by atoms with Crippen LogP contribution in [0.15, 0.2) is 55.1 Å². The predicted molar refractivity (Wildman–Crippen MR) is 52.9 cm³/mol. The van der Waals surface area contributed by atoms with Crippen LogP contribution in [-0.2, 0) is 0 Å². The van der Waals surface area contributed by atoms with E-state index in [1.54, 1.807) is 36.9 Å². The SMILES string of the molecule is Nc1cccnc1.c1ccncc1. The molecule has 0 bridgehead atoms. The first-order valence-corrected chi connectivity index (χ1v) is 3.90. The van der Waals surface area contributed by atoms with Gasteiger partial charge in [-0.3, -0.25) is 9.97 Å². The Morgan fingerprint density at radius 3 is 1.77 bits per heavy atom. The Bertz CT molecular complexity index is 281. The van der Waals surface area contributed by atoms with Gasteiger partial charge in [0.05, 0.1) is 5.69 Å². The van der Waals surface area contributed by atoms with Gasteiger partial charge in [0.25, 0.3) is 0 Å². The molecule has 0 saturated carbocycles. The maximum Gasteiger partial charge on any atom is 0.0500 e. The Morgan fingerprint density at radius 1 is 0.846 bits per heavy atom. The third kappa shape index (κ3) is 4.53. The third-order valence-electron chi connectivity index (χ3n) is 1.25. The average molecular weight is 173 g/mol. The largest absolute Gasteiger partial charge is 0.397 e. The fourth-order valence-electron chi connectivity index (χ4n) is 0.689. The van der Waals surface area contributed by atoms with Gasteiger partial charge in [-0.2, -0.15) is 0 Å². The van der Waals surface area contributed by atoms with Crippen molar-refractivity contribution >= 4 is 5.69 Å². The van der Waals surface area contributed by atoms with Gasteiger partial charge in [-0.05, 0) is 24.3 Å². The molecule has 13 heavy (non-hydrogen) atoms. The summed E-state index contributed by atoms with van der Waals surface area (Å²) in [4.78, 5) is 7.54. The molecule has 0 unspecified atom stereocenters. The van der Waals surface area contributed by atoms with Crippen LogP contribution in [0.3, 0.4) is 0 Å². The molecule has 0 aliphatic carbocycles. The molecule has 2 heterocycles. The molecule has 0 saturated heterocycles. The monoisotopic (exact) mass is 173 g/mol. The summed E-state index contributed by atoms with van der Waals surface area (Å²) in [5, 5.41) is 0. The summed E-state index contributed by atoms with van der Waals surface area (Å²) in [7, 11) is 0. The van der Waals surface area contributed by atoms with Crippen molar-refractivity contribution in [2.45, 2.75) is 0 Å². The van der Waals surface area contributed by atoms with Crippen LogP contribution in [0.2, 0.25) is 0 Å². The summed E-state index contributed by atoms with van der Waals surface area (Å²) in [6, 6.07) is 9.31. The van der Waals surface area contributed by atoms with Gasteiger partial charge in [0, 0.05) is 24.8 Å². The van der Waals surface area contributed by atoms with Gasteiger partial charge < -0.3 is 5.73 Å². The van der Waals surface area contributed by atoms with Crippen molar-refractivity contribution in [3.05, 3.63) is 55.1 Å². The second-order valence-electron chi connectivity index (χ2n) is 2.31. The fraction of sp³-hybridized carbons (Fsp3) is 0. The molecular weight excluding hydrogens is 162 g/mol. The van der Waals surface area contributed by atoms with Crippen LogP contribution in [-0.4, -0.2) is 9.97 Å². The maximum atomic E-state index is 5.30. The zero-order chi connectivity index (χ0) is 9.36. The van der Waals surface area contributed by atoms with E-state index >= 15 is 0 Å². The highest BCUT2D eigenvalue weighted by Crippen LogP contribution is 1.92. The molecule has 0 atom stereocenters. The lowest BCUT2D eigenvalue weighted by atomic mass is 10.4. The van der Waals surface area contributed by atoms with E-state index in [9.17, 15) is 0 Å². The molecular formula is C10H11N3. The van der Waals surface area contributed by atoms with Crippen LogP contribution in [0.5, 0.6) is 0 Å². The van der Waals surface area contributed by atoms with Gasteiger partial charge in [0.1, 0.15) is 0 Å². The number of hydrogen-bond donors (Lipinski definition) is 1. The van der Waals surface area contributed by atoms with Gasteiger partial charge >= 0.3 is 0 Å². The molecule has 0 fully saturated rings. The van der Waals surface area contributed by atoms with Crippen LogP contribution in [0.1, 0.15) is 0 Å². The van der Waals surface area contributed by atoms with E-state index in [2.05, 4.69) is 9.97 Å². The van der Waals surface area contributed by atoms with E-state index in [0.717, 1.165) is 0 Å². The Morgan fingerprint density at radius 2 is 1.54 bits per heavy atom. The lowest BCUT2D eigenvalue weighted by Crippen LogP contribution is -1.82. The smallest absolute Gasteiger partial charge is 0.0500 e. The molecule has 0 radical (unpaired) electrons. The Labute approximate surface area is 77.3 Å². The standard InChI is InChI=1S/C5H6N2.C5H5N/c6-5-2-1-3-7-4-5;1-2-4-6-5-3-1/h1-4H,6H2;1-5H. The van der Waals surface area contributed by atoms with Crippen molar-refractivity contribution in [2.75, 3.05) is 5.73 Å². The fourth-order valence-corrected chi connectivity index (χ4v) is 0.689. The van der Waals surface area contributed by atoms with Gasteiger partial charge in [-0.1, -0.05) is 6.07 Å².